The maximum atomic E-state index is 13.4. The maximum Gasteiger partial charge on any atom is 0.335 e. The lowest BCUT2D eigenvalue weighted by Gasteiger charge is -2.26. The second-order valence-corrected chi connectivity index (χ2v) is 13.1. The number of rotatable bonds is 19. The Bertz CT molecular complexity index is 2030. The Morgan fingerprint density at radius 2 is 1.02 bits per heavy atom. The van der Waals surface area contributed by atoms with Gasteiger partial charge in [-0.2, -0.15) is 0 Å². The Kier molecular flexibility index (Phi) is 13.9. The Morgan fingerprint density at radius 3 is 1.50 bits per heavy atom. The minimum Gasteiger partial charge on any atom is -0.478 e. The van der Waals surface area contributed by atoms with Gasteiger partial charge >= 0.3 is 5.97 Å². The van der Waals surface area contributed by atoms with Gasteiger partial charge in [0.25, 0.3) is 0 Å². The molecular weight excluding hydrogens is 707 g/mol. The summed E-state index contributed by atoms with van der Waals surface area (Å²) in [5.74, 6) is 1.21. The third-order valence-corrected chi connectivity index (χ3v) is 8.65. The number of para-hydroxylation sites is 2. The van der Waals surface area contributed by atoms with Gasteiger partial charge in [-0.25, -0.2) is 4.79 Å². The fraction of sp³-hybridized carbons (Fsp3) is 0.156. The number of amides is 2. The molecule has 6 rings (SSSR count). The van der Waals surface area contributed by atoms with Crippen LogP contribution in [0.2, 0.25) is 0 Å². The summed E-state index contributed by atoms with van der Waals surface area (Å²) in [6.07, 6.45) is 4.19. The number of nitrogens with one attached hydrogen (secondary N) is 2. The number of aromatic nitrogens is 1. The molecule has 6 aromatic rings. The number of nitrogens with zero attached hydrogens (tertiary/aromatic N) is 3. The van der Waals surface area contributed by atoms with Crippen molar-refractivity contribution in [1.29, 1.82) is 0 Å². The maximum absolute atomic E-state index is 13.4. The fourth-order valence-electron chi connectivity index (χ4n) is 5.98. The van der Waals surface area contributed by atoms with Crippen LogP contribution >= 0.6 is 0 Å². The molecule has 11 nitrogen and oxygen atoms in total. The zero-order valence-corrected chi connectivity index (χ0v) is 30.8. The first-order chi connectivity index (χ1) is 27.3. The van der Waals surface area contributed by atoms with E-state index >= 15 is 0 Å². The molecule has 0 aliphatic heterocycles. The highest BCUT2D eigenvalue weighted by Gasteiger charge is 2.17. The summed E-state index contributed by atoms with van der Waals surface area (Å²) in [5.41, 5.74) is 3.44. The molecule has 11 heteroatoms. The number of anilines is 2. The fourth-order valence-corrected chi connectivity index (χ4v) is 5.98. The number of carboxylic acid groups (broad SMARTS) is 1. The number of carboxylic acids is 1. The summed E-state index contributed by atoms with van der Waals surface area (Å²) in [4.78, 5) is 46.5. The van der Waals surface area contributed by atoms with Gasteiger partial charge in [-0.1, -0.05) is 54.6 Å². The molecule has 0 fully saturated rings. The molecule has 0 radical (unpaired) electrons. The summed E-state index contributed by atoms with van der Waals surface area (Å²) in [6, 6.07) is 43.9. The van der Waals surface area contributed by atoms with Crippen molar-refractivity contribution >= 4 is 29.2 Å². The largest absolute Gasteiger partial charge is 0.478 e. The van der Waals surface area contributed by atoms with Crippen LogP contribution in [0, 0.1) is 0 Å². The van der Waals surface area contributed by atoms with E-state index in [-0.39, 0.29) is 30.5 Å². The van der Waals surface area contributed by atoms with Crippen LogP contribution in [0.4, 0.5) is 11.4 Å². The third-order valence-electron chi connectivity index (χ3n) is 8.65. The van der Waals surface area contributed by atoms with Crippen LogP contribution in [0.25, 0.3) is 0 Å². The van der Waals surface area contributed by atoms with Crippen LogP contribution in [0.1, 0.15) is 27.9 Å². The van der Waals surface area contributed by atoms with Gasteiger partial charge in [-0.15, -0.1) is 0 Å². The Hall–Kier alpha value is -6.82. The Balaban J connectivity index is 1.10. The van der Waals surface area contributed by atoms with E-state index in [0.717, 1.165) is 11.1 Å². The Labute approximate surface area is 326 Å². The standard InChI is InChI=1S/C45H43N5O6/c51-43(47-37-18-22-41(23-19-37)55-39-10-3-1-4-11-39)32-50(33-44(52)48-38-20-24-42(25-21-38)56-40-12-5-2-6-13-40)28-8-27-49(31-35-9-7-26-46-29-35)30-34-14-16-36(17-15-34)45(53)54/h1-7,9-26,29H,8,27-28,30-33H2,(H,47,51)(H,48,52)(H,53,54). The van der Waals surface area contributed by atoms with Gasteiger partial charge in [-0.3, -0.25) is 24.4 Å². The molecule has 284 valence electrons. The predicted octanol–water partition coefficient (Wildman–Crippen LogP) is 8.34. The molecule has 2 amide bonds. The van der Waals surface area contributed by atoms with Crippen LogP contribution in [0.15, 0.2) is 158 Å². The molecular formula is C45H43N5O6. The van der Waals surface area contributed by atoms with Gasteiger partial charge in [0.05, 0.1) is 18.7 Å². The number of aromatic carboxylic acids is 1. The van der Waals surface area contributed by atoms with E-state index in [1.54, 1.807) is 66.9 Å². The molecule has 56 heavy (non-hydrogen) atoms. The summed E-state index contributed by atoms with van der Waals surface area (Å²) < 4.78 is 11.8. The van der Waals surface area contributed by atoms with Gasteiger partial charge in [0.2, 0.25) is 11.8 Å². The van der Waals surface area contributed by atoms with Crippen LogP contribution in [0.3, 0.4) is 0 Å². The number of benzene rings is 5. The van der Waals surface area contributed by atoms with Gasteiger partial charge in [0.1, 0.15) is 23.0 Å². The molecule has 1 aromatic heterocycles. The quantitative estimate of drug-likeness (QED) is 0.0748. The Morgan fingerprint density at radius 1 is 0.536 bits per heavy atom. The van der Waals surface area contributed by atoms with Crippen LogP contribution < -0.4 is 20.1 Å². The van der Waals surface area contributed by atoms with Crippen molar-refractivity contribution in [2.24, 2.45) is 0 Å². The molecule has 0 aliphatic carbocycles. The first kappa shape index (κ1) is 38.9. The summed E-state index contributed by atoms with van der Waals surface area (Å²) in [6.45, 7) is 2.25. The van der Waals surface area contributed by atoms with E-state index in [1.807, 2.05) is 96.0 Å². The summed E-state index contributed by atoms with van der Waals surface area (Å²) >= 11 is 0. The van der Waals surface area contributed by atoms with Crippen molar-refractivity contribution < 1.29 is 29.0 Å². The molecule has 5 aromatic carbocycles. The SMILES string of the molecule is O=C(CN(CCCN(Cc1ccc(C(=O)O)cc1)Cc1cccnc1)CC(=O)Nc1ccc(Oc2ccccc2)cc1)Nc1ccc(Oc2ccccc2)cc1. The highest BCUT2D eigenvalue weighted by Crippen LogP contribution is 2.24. The van der Waals surface area contributed by atoms with Crippen LogP contribution in [-0.4, -0.2) is 63.9 Å². The van der Waals surface area contributed by atoms with Crippen molar-refractivity contribution in [3.05, 3.63) is 175 Å². The minimum absolute atomic E-state index is 0.0151. The van der Waals surface area contributed by atoms with Crippen molar-refractivity contribution in [2.75, 3.05) is 36.8 Å². The average molecular weight is 750 g/mol. The zero-order valence-electron chi connectivity index (χ0n) is 30.8. The average Bonchev–Trinajstić information content (AvgIpc) is 3.20. The van der Waals surface area contributed by atoms with Crippen molar-refractivity contribution in [1.82, 2.24) is 14.8 Å². The van der Waals surface area contributed by atoms with E-state index in [1.165, 1.54) is 0 Å². The lowest BCUT2D eigenvalue weighted by molar-refractivity contribution is -0.120. The minimum atomic E-state index is -0.972. The van der Waals surface area contributed by atoms with Gasteiger partial charge in [-0.05, 0) is 109 Å². The molecule has 3 N–H and O–H groups in total. The smallest absolute Gasteiger partial charge is 0.335 e. The number of carbonyl (C=O) groups excluding carboxylic acids is 2. The first-order valence-corrected chi connectivity index (χ1v) is 18.3. The number of pyridine rings is 1. The molecule has 1 heterocycles. The molecule has 0 aliphatic rings. The van der Waals surface area contributed by atoms with E-state index in [4.69, 9.17) is 9.47 Å². The molecule has 0 bridgehead atoms. The summed E-state index contributed by atoms with van der Waals surface area (Å²) in [5, 5.41) is 15.2. The second-order valence-electron chi connectivity index (χ2n) is 13.1. The lowest BCUT2D eigenvalue weighted by Crippen LogP contribution is -2.40. The topological polar surface area (TPSA) is 133 Å². The van der Waals surface area contributed by atoms with E-state index in [9.17, 15) is 19.5 Å². The number of ether oxygens (including phenoxy) is 2. The molecule has 0 atom stereocenters. The molecule has 0 unspecified atom stereocenters. The molecule has 0 saturated carbocycles. The van der Waals surface area contributed by atoms with E-state index in [2.05, 4.69) is 20.5 Å². The normalized spacial score (nSPS) is 10.9. The van der Waals surface area contributed by atoms with E-state index in [0.29, 0.717) is 67.0 Å². The van der Waals surface area contributed by atoms with Gasteiger partial charge in [0.15, 0.2) is 0 Å². The first-order valence-electron chi connectivity index (χ1n) is 18.3. The van der Waals surface area contributed by atoms with Gasteiger partial charge < -0.3 is 25.2 Å². The van der Waals surface area contributed by atoms with Crippen molar-refractivity contribution in [3.63, 3.8) is 0 Å². The molecule has 0 spiro atoms. The van der Waals surface area contributed by atoms with Crippen molar-refractivity contribution in [2.45, 2.75) is 19.5 Å². The zero-order chi connectivity index (χ0) is 39.0. The number of hydrogen-bond acceptors (Lipinski definition) is 8. The molecule has 0 saturated heterocycles. The summed E-state index contributed by atoms with van der Waals surface area (Å²) in [7, 11) is 0. The monoisotopic (exact) mass is 749 g/mol. The second kappa shape index (κ2) is 20.0. The van der Waals surface area contributed by atoms with Crippen LogP contribution in [-0.2, 0) is 22.7 Å². The number of carbonyl (C=O) groups is 3. The van der Waals surface area contributed by atoms with Crippen LogP contribution in [0.5, 0.6) is 23.0 Å². The highest BCUT2D eigenvalue weighted by atomic mass is 16.5. The third kappa shape index (κ3) is 12.7. The highest BCUT2D eigenvalue weighted by molar-refractivity contribution is 5.94. The number of hydrogen-bond donors (Lipinski definition) is 3. The lowest BCUT2D eigenvalue weighted by atomic mass is 10.1. The predicted molar refractivity (Wildman–Crippen MR) is 216 cm³/mol. The van der Waals surface area contributed by atoms with Gasteiger partial charge in [0, 0.05) is 49.9 Å². The van der Waals surface area contributed by atoms with Crippen molar-refractivity contribution in [3.8, 4) is 23.0 Å². The van der Waals surface area contributed by atoms with E-state index < -0.39 is 5.97 Å².